The van der Waals surface area contributed by atoms with Crippen LogP contribution < -0.4 is 4.90 Å². The summed E-state index contributed by atoms with van der Waals surface area (Å²) >= 11 is 0. The van der Waals surface area contributed by atoms with Gasteiger partial charge in [0.05, 0.1) is 11.1 Å². The summed E-state index contributed by atoms with van der Waals surface area (Å²) in [5.74, 6) is 0. The number of hydrogen-bond acceptors (Lipinski definition) is 2. The average Bonchev–Trinajstić information content (AvgIpc) is 3.62. The Kier molecular flexibility index (Phi) is 7.18. The lowest BCUT2D eigenvalue weighted by molar-refractivity contribution is 0.672. The van der Waals surface area contributed by atoms with Gasteiger partial charge in [-0.2, -0.15) is 0 Å². The number of benzene rings is 9. The van der Waals surface area contributed by atoms with Gasteiger partial charge >= 0.3 is 0 Å². The normalized spacial score (nSPS) is 11.5. The molecule has 1 aromatic heterocycles. The zero-order valence-corrected chi connectivity index (χ0v) is 28.4. The summed E-state index contributed by atoms with van der Waals surface area (Å²) in [6, 6.07) is 71.8. The smallest absolute Gasteiger partial charge is 0.143 e. The van der Waals surface area contributed by atoms with Gasteiger partial charge in [-0.05, 0) is 98.1 Å². The lowest BCUT2D eigenvalue weighted by atomic mass is 9.96. The SMILES string of the molecule is c1ccc(-c2cc(-c3ccccc3)cc(N(c3cccc(-c4cccc5ccccc45)c3)c3cccc4oc5c6ccccc6ccc5c34)c2)cc1. The molecular weight excluding hydrogens is 631 g/mol. The first-order valence-electron chi connectivity index (χ1n) is 17.8. The van der Waals surface area contributed by atoms with Gasteiger partial charge in [0.15, 0.2) is 0 Å². The highest BCUT2D eigenvalue weighted by Gasteiger charge is 2.22. The molecule has 0 amide bonds. The molecule has 0 aliphatic rings. The van der Waals surface area contributed by atoms with E-state index in [0.29, 0.717) is 0 Å². The second-order valence-corrected chi connectivity index (χ2v) is 13.3. The Morgan fingerprint density at radius 3 is 1.67 bits per heavy atom. The third kappa shape index (κ3) is 5.12. The first kappa shape index (κ1) is 30.0. The highest BCUT2D eigenvalue weighted by molar-refractivity contribution is 6.19. The van der Waals surface area contributed by atoms with Crippen LogP contribution in [0, 0.1) is 0 Å². The molecule has 0 atom stereocenters. The van der Waals surface area contributed by atoms with E-state index in [1.54, 1.807) is 0 Å². The average molecular weight is 664 g/mol. The van der Waals surface area contributed by atoms with Gasteiger partial charge in [0, 0.05) is 22.1 Å². The summed E-state index contributed by atoms with van der Waals surface area (Å²) in [4.78, 5) is 2.42. The molecule has 0 bridgehead atoms. The molecule has 0 saturated heterocycles. The maximum atomic E-state index is 6.73. The minimum Gasteiger partial charge on any atom is -0.455 e. The van der Waals surface area contributed by atoms with Crippen LogP contribution in [0.4, 0.5) is 17.1 Å². The van der Waals surface area contributed by atoms with Crippen LogP contribution >= 0.6 is 0 Å². The fourth-order valence-corrected chi connectivity index (χ4v) is 7.77. The van der Waals surface area contributed by atoms with E-state index in [1.807, 2.05) is 0 Å². The minimum absolute atomic E-state index is 0.863. The minimum atomic E-state index is 0.863. The maximum Gasteiger partial charge on any atom is 0.143 e. The molecule has 10 aromatic rings. The molecule has 0 N–H and O–H groups in total. The number of anilines is 3. The fourth-order valence-electron chi connectivity index (χ4n) is 7.77. The van der Waals surface area contributed by atoms with Crippen LogP contribution in [0.1, 0.15) is 0 Å². The van der Waals surface area contributed by atoms with Crippen molar-refractivity contribution in [3.8, 4) is 33.4 Å². The second kappa shape index (κ2) is 12.5. The van der Waals surface area contributed by atoms with Gasteiger partial charge in [0.1, 0.15) is 11.2 Å². The van der Waals surface area contributed by atoms with E-state index in [1.165, 1.54) is 32.8 Å². The Morgan fingerprint density at radius 2 is 0.923 bits per heavy atom. The van der Waals surface area contributed by atoms with Gasteiger partial charge in [-0.15, -0.1) is 0 Å². The molecule has 2 heteroatoms. The molecule has 0 radical (unpaired) electrons. The zero-order chi connectivity index (χ0) is 34.4. The number of fused-ring (bicyclic) bond motifs is 6. The Bertz CT molecular complexity index is 2840. The lowest BCUT2D eigenvalue weighted by Crippen LogP contribution is -2.11. The van der Waals surface area contributed by atoms with Gasteiger partial charge in [-0.3, -0.25) is 0 Å². The first-order valence-corrected chi connectivity index (χ1v) is 17.8. The highest BCUT2D eigenvalue weighted by atomic mass is 16.3. The van der Waals surface area contributed by atoms with Gasteiger partial charge in [0.25, 0.3) is 0 Å². The predicted octanol–water partition coefficient (Wildman–Crippen LogP) is 14.4. The number of furan rings is 1. The molecular formula is C50H33NO. The third-order valence-corrected chi connectivity index (χ3v) is 10.2. The van der Waals surface area contributed by atoms with Crippen LogP contribution in [0.25, 0.3) is 76.9 Å². The van der Waals surface area contributed by atoms with Crippen LogP contribution in [0.3, 0.4) is 0 Å². The van der Waals surface area contributed by atoms with E-state index < -0.39 is 0 Å². The summed E-state index contributed by atoms with van der Waals surface area (Å²) in [5, 5.41) is 6.93. The summed E-state index contributed by atoms with van der Waals surface area (Å²) < 4.78 is 6.73. The molecule has 0 aliphatic carbocycles. The Balaban J connectivity index is 1.27. The van der Waals surface area contributed by atoms with Gasteiger partial charge in [-0.1, -0.05) is 152 Å². The molecule has 9 aromatic carbocycles. The Morgan fingerprint density at radius 1 is 0.346 bits per heavy atom. The van der Waals surface area contributed by atoms with Crippen LogP contribution in [0.5, 0.6) is 0 Å². The van der Waals surface area contributed by atoms with Crippen molar-refractivity contribution in [2.75, 3.05) is 4.90 Å². The van der Waals surface area contributed by atoms with E-state index in [-0.39, 0.29) is 0 Å². The summed E-state index contributed by atoms with van der Waals surface area (Å²) in [6.07, 6.45) is 0. The summed E-state index contributed by atoms with van der Waals surface area (Å²) in [5.41, 5.74) is 12.0. The van der Waals surface area contributed by atoms with Crippen molar-refractivity contribution in [2.45, 2.75) is 0 Å². The highest BCUT2D eigenvalue weighted by Crippen LogP contribution is 2.46. The van der Waals surface area contributed by atoms with Crippen LogP contribution in [-0.2, 0) is 0 Å². The quantitative estimate of drug-likeness (QED) is 0.176. The van der Waals surface area contributed by atoms with E-state index in [9.17, 15) is 0 Å². The molecule has 0 spiro atoms. The molecule has 0 aliphatic heterocycles. The van der Waals surface area contributed by atoms with E-state index >= 15 is 0 Å². The number of rotatable bonds is 6. The summed E-state index contributed by atoms with van der Waals surface area (Å²) in [7, 11) is 0. The topological polar surface area (TPSA) is 16.4 Å². The molecule has 10 rings (SSSR count). The Hall–Kier alpha value is -6.90. The van der Waals surface area contributed by atoms with Crippen molar-refractivity contribution in [1.82, 2.24) is 0 Å². The Labute approximate surface area is 302 Å². The number of nitrogens with zero attached hydrogens (tertiary/aromatic N) is 1. The van der Waals surface area contributed by atoms with E-state index in [4.69, 9.17) is 4.42 Å². The monoisotopic (exact) mass is 663 g/mol. The molecule has 244 valence electrons. The van der Waals surface area contributed by atoms with Crippen molar-refractivity contribution in [1.29, 1.82) is 0 Å². The van der Waals surface area contributed by atoms with Crippen molar-refractivity contribution < 1.29 is 4.42 Å². The lowest BCUT2D eigenvalue weighted by Gasteiger charge is -2.28. The second-order valence-electron chi connectivity index (χ2n) is 13.3. The largest absolute Gasteiger partial charge is 0.455 e. The molecule has 0 saturated carbocycles. The van der Waals surface area contributed by atoms with E-state index in [2.05, 4.69) is 205 Å². The molecule has 0 unspecified atom stereocenters. The van der Waals surface area contributed by atoms with E-state index in [0.717, 1.165) is 61.1 Å². The summed E-state index contributed by atoms with van der Waals surface area (Å²) in [6.45, 7) is 0. The maximum absolute atomic E-state index is 6.73. The van der Waals surface area contributed by atoms with Crippen molar-refractivity contribution in [3.63, 3.8) is 0 Å². The zero-order valence-electron chi connectivity index (χ0n) is 28.4. The third-order valence-electron chi connectivity index (χ3n) is 10.2. The molecule has 52 heavy (non-hydrogen) atoms. The van der Waals surface area contributed by atoms with Gasteiger partial charge in [0.2, 0.25) is 0 Å². The van der Waals surface area contributed by atoms with Gasteiger partial charge in [-0.25, -0.2) is 0 Å². The van der Waals surface area contributed by atoms with Gasteiger partial charge < -0.3 is 9.32 Å². The van der Waals surface area contributed by atoms with Crippen LogP contribution in [0.2, 0.25) is 0 Å². The molecule has 1 heterocycles. The first-order chi connectivity index (χ1) is 25.8. The van der Waals surface area contributed by atoms with Crippen molar-refractivity contribution in [3.05, 3.63) is 200 Å². The standard InChI is InChI=1S/C50H33NO/c1-3-14-34(15-4-1)39-30-40(35-16-5-2-6-17-35)33-42(32-39)51(41-22-11-21-38(31-41)44-25-12-20-36-18-7-9-23-43(36)44)47-26-13-27-48-49(47)46-29-28-37-19-8-10-24-45(37)50(46)52-48/h1-33H. The molecule has 2 nitrogen and oxygen atoms in total. The van der Waals surface area contributed by atoms with Crippen molar-refractivity contribution >= 4 is 60.5 Å². The predicted molar refractivity (Wildman–Crippen MR) is 220 cm³/mol. The van der Waals surface area contributed by atoms with Crippen LogP contribution in [-0.4, -0.2) is 0 Å². The van der Waals surface area contributed by atoms with Crippen LogP contribution in [0.15, 0.2) is 205 Å². The fraction of sp³-hybridized carbons (Fsp3) is 0. The number of hydrogen-bond donors (Lipinski definition) is 0. The van der Waals surface area contributed by atoms with Crippen molar-refractivity contribution in [2.24, 2.45) is 0 Å². The molecule has 0 fully saturated rings.